The Morgan fingerprint density at radius 1 is 1.15 bits per heavy atom. The average molecular weight is 364 g/mol. The molecule has 2 rings (SSSR count). The van der Waals surface area contributed by atoms with Crippen LogP contribution in [0.4, 0.5) is 4.79 Å². The maximum absolute atomic E-state index is 12.8. The Bertz CT molecular complexity index is 668. The average Bonchev–Trinajstić information content (AvgIpc) is 3.08. The molecule has 0 aromatic heterocycles. The molecule has 1 aromatic carbocycles. The topological polar surface area (TPSA) is 68.3 Å². The van der Waals surface area contributed by atoms with Gasteiger partial charge in [0.15, 0.2) is 11.5 Å². The quantitative estimate of drug-likeness (QED) is 0.822. The highest BCUT2D eigenvalue weighted by Crippen LogP contribution is 2.28. The fraction of sp³-hybridized carbons (Fsp3) is 0.579. The molecule has 7 nitrogen and oxygen atoms in total. The van der Waals surface area contributed by atoms with Crippen molar-refractivity contribution in [2.75, 3.05) is 34.4 Å². The number of nitrogens with zero attached hydrogens (tertiary/aromatic N) is 2. The monoisotopic (exact) mass is 364 g/mol. The second-order valence-corrected chi connectivity index (χ2v) is 7.35. The maximum Gasteiger partial charge on any atom is 0.410 e. The molecule has 1 aliphatic heterocycles. The molecule has 1 saturated heterocycles. The number of carbonyl (C=O) groups is 2. The summed E-state index contributed by atoms with van der Waals surface area (Å²) < 4.78 is 15.9. The standard InChI is InChI=1S/C19H28N2O5/c1-19(2,3)26-18(23)21-10-9-14(12-21)20(4)17(22)13-7-8-15(24-5)16(11-13)25-6/h7-8,11,14H,9-10,12H2,1-6H3/t14-/m0/s1. The number of hydrogen-bond donors (Lipinski definition) is 0. The van der Waals surface area contributed by atoms with Crippen LogP contribution >= 0.6 is 0 Å². The Morgan fingerprint density at radius 3 is 2.38 bits per heavy atom. The first-order valence-corrected chi connectivity index (χ1v) is 8.63. The van der Waals surface area contributed by atoms with Gasteiger partial charge in [0.2, 0.25) is 0 Å². The van der Waals surface area contributed by atoms with Gasteiger partial charge in [0.1, 0.15) is 5.60 Å². The lowest BCUT2D eigenvalue weighted by Crippen LogP contribution is -2.41. The van der Waals surface area contributed by atoms with E-state index in [1.807, 2.05) is 20.8 Å². The largest absolute Gasteiger partial charge is 0.493 e. The summed E-state index contributed by atoms with van der Waals surface area (Å²) in [5, 5.41) is 0. The zero-order valence-corrected chi connectivity index (χ0v) is 16.4. The Kier molecular flexibility index (Phi) is 6.00. The van der Waals surface area contributed by atoms with E-state index >= 15 is 0 Å². The predicted molar refractivity (Wildman–Crippen MR) is 97.9 cm³/mol. The van der Waals surface area contributed by atoms with Crippen molar-refractivity contribution in [3.63, 3.8) is 0 Å². The molecule has 0 bridgehead atoms. The number of rotatable bonds is 4. The second kappa shape index (κ2) is 7.85. The normalized spacial score (nSPS) is 17.0. The van der Waals surface area contributed by atoms with Gasteiger partial charge in [-0.3, -0.25) is 4.79 Å². The summed E-state index contributed by atoms with van der Waals surface area (Å²) in [6.07, 6.45) is 0.376. The molecule has 26 heavy (non-hydrogen) atoms. The van der Waals surface area contributed by atoms with E-state index in [1.165, 1.54) is 7.11 Å². The summed E-state index contributed by atoms with van der Waals surface area (Å²) in [5.41, 5.74) is -0.0165. The molecule has 0 saturated carbocycles. The molecule has 2 amide bonds. The van der Waals surface area contributed by atoms with Crippen molar-refractivity contribution >= 4 is 12.0 Å². The summed E-state index contributed by atoms with van der Waals surface area (Å²) in [6.45, 7) is 6.55. The lowest BCUT2D eigenvalue weighted by atomic mass is 10.1. The van der Waals surface area contributed by atoms with Gasteiger partial charge >= 0.3 is 6.09 Å². The number of benzene rings is 1. The van der Waals surface area contributed by atoms with Crippen LogP contribution in [0, 0.1) is 0 Å². The molecule has 144 valence electrons. The van der Waals surface area contributed by atoms with Crippen molar-refractivity contribution in [3.05, 3.63) is 23.8 Å². The van der Waals surface area contributed by atoms with Gasteiger partial charge in [-0.05, 0) is 45.4 Å². The number of likely N-dealkylation sites (tertiary alicyclic amines) is 1. The van der Waals surface area contributed by atoms with Crippen LogP contribution in [0.25, 0.3) is 0 Å². The van der Waals surface area contributed by atoms with E-state index < -0.39 is 5.60 Å². The fourth-order valence-electron chi connectivity index (χ4n) is 2.89. The van der Waals surface area contributed by atoms with Crippen LogP contribution in [0.1, 0.15) is 37.6 Å². The minimum atomic E-state index is -0.531. The number of carbonyl (C=O) groups excluding carboxylic acids is 2. The van der Waals surface area contributed by atoms with Crippen LogP contribution in [0.15, 0.2) is 18.2 Å². The van der Waals surface area contributed by atoms with Crippen molar-refractivity contribution in [3.8, 4) is 11.5 Å². The van der Waals surface area contributed by atoms with Crippen molar-refractivity contribution in [2.45, 2.75) is 38.8 Å². The molecule has 1 heterocycles. The first-order chi connectivity index (χ1) is 12.2. The molecule has 0 spiro atoms. The molecule has 1 aliphatic rings. The molecule has 1 atom stereocenters. The Labute approximate surface area is 154 Å². The van der Waals surface area contributed by atoms with Crippen LogP contribution in [0.2, 0.25) is 0 Å². The molecule has 7 heteroatoms. The number of amides is 2. The van der Waals surface area contributed by atoms with Crippen molar-refractivity contribution in [1.82, 2.24) is 9.80 Å². The number of likely N-dealkylation sites (N-methyl/N-ethyl adjacent to an activating group) is 1. The lowest BCUT2D eigenvalue weighted by molar-refractivity contribution is 0.0279. The Balaban J connectivity index is 2.04. The molecule has 1 aromatic rings. The summed E-state index contributed by atoms with van der Waals surface area (Å²) in [4.78, 5) is 28.3. The minimum absolute atomic E-state index is 0.0527. The van der Waals surface area contributed by atoms with Gasteiger partial charge < -0.3 is 24.0 Å². The van der Waals surface area contributed by atoms with Gasteiger partial charge in [-0.25, -0.2) is 4.79 Å². The van der Waals surface area contributed by atoms with Crippen molar-refractivity contribution < 1.29 is 23.8 Å². The third-order valence-corrected chi connectivity index (χ3v) is 4.31. The van der Waals surface area contributed by atoms with Gasteiger partial charge in [-0.2, -0.15) is 0 Å². The minimum Gasteiger partial charge on any atom is -0.493 e. The molecule has 0 radical (unpaired) electrons. The van der Waals surface area contributed by atoms with Gasteiger partial charge in [0.05, 0.1) is 20.3 Å². The highest BCUT2D eigenvalue weighted by atomic mass is 16.6. The SMILES string of the molecule is COc1ccc(C(=O)N(C)[C@H]2CCN(C(=O)OC(C)(C)C)C2)cc1OC. The van der Waals surface area contributed by atoms with Crippen LogP contribution in [0.5, 0.6) is 11.5 Å². The number of ether oxygens (including phenoxy) is 3. The highest BCUT2D eigenvalue weighted by molar-refractivity contribution is 5.95. The van der Waals surface area contributed by atoms with E-state index in [4.69, 9.17) is 14.2 Å². The van der Waals surface area contributed by atoms with E-state index in [9.17, 15) is 9.59 Å². The summed E-state index contributed by atoms with van der Waals surface area (Å²) in [6, 6.07) is 5.03. The molecule has 1 fully saturated rings. The molecular formula is C19H28N2O5. The second-order valence-electron chi connectivity index (χ2n) is 7.35. The molecular weight excluding hydrogens is 336 g/mol. The van der Waals surface area contributed by atoms with Gasteiger partial charge in [0, 0.05) is 25.7 Å². The van der Waals surface area contributed by atoms with Crippen LogP contribution in [-0.4, -0.2) is 67.8 Å². The van der Waals surface area contributed by atoms with E-state index in [0.717, 1.165) is 6.42 Å². The summed E-state index contributed by atoms with van der Waals surface area (Å²) in [5.74, 6) is 0.958. The zero-order valence-electron chi connectivity index (χ0n) is 16.4. The van der Waals surface area contributed by atoms with Crippen LogP contribution < -0.4 is 9.47 Å². The molecule has 0 unspecified atom stereocenters. The summed E-state index contributed by atoms with van der Waals surface area (Å²) in [7, 11) is 4.84. The Morgan fingerprint density at radius 2 is 1.81 bits per heavy atom. The Hall–Kier alpha value is -2.44. The number of methoxy groups -OCH3 is 2. The van der Waals surface area contributed by atoms with Crippen molar-refractivity contribution in [2.24, 2.45) is 0 Å². The smallest absolute Gasteiger partial charge is 0.410 e. The molecule has 0 N–H and O–H groups in total. The predicted octanol–water partition coefficient (Wildman–Crippen LogP) is 2.79. The summed E-state index contributed by atoms with van der Waals surface area (Å²) >= 11 is 0. The highest BCUT2D eigenvalue weighted by Gasteiger charge is 2.33. The first kappa shape index (κ1) is 19.9. The van der Waals surface area contributed by atoms with E-state index in [-0.39, 0.29) is 18.0 Å². The van der Waals surface area contributed by atoms with Gasteiger partial charge in [-0.15, -0.1) is 0 Å². The zero-order chi connectivity index (χ0) is 19.5. The van der Waals surface area contributed by atoms with E-state index in [1.54, 1.807) is 42.2 Å². The van der Waals surface area contributed by atoms with Crippen LogP contribution in [-0.2, 0) is 4.74 Å². The van der Waals surface area contributed by atoms with Gasteiger partial charge in [0.25, 0.3) is 5.91 Å². The first-order valence-electron chi connectivity index (χ1n) is 8.63. The molecule has 0 aliphatic carbocycles. The van der Waals surface area contributed by atoms with E-state index in [2.05, 4.69) is 0 Å². The van der Waals surface area contributed by atoms with Crippen LogP contribution in [0.3, 0.4) is 0 Å². The van der Waals surface area contributed by atoms with Crippen molar-refractivity contribution in [1.29, 1.82) is 0 Å². The third-order valence-electron chi connectivity index (χ3n) is 4.31. The third kappa shape index (κ3) is 4.59. The maximum atomic E-state index is 12.8. The van der Waals surface area contributed by atoms with E-state index in [0.29, 0.717) is 30.2 Å². The number of hydrogen-bond acceptors (Lipinski definition) is 5. The fourth-order valence-corrected chi connectivity index (χ4v) is 2.89. The van der Waals surface area contributed by atoms with Gasteiger partial charge in [-0.1, -0.05) is 0 Å². The lowest BCUT2D eigenvalue weighted by Gasteiger charge is -2.27.